The first-order valence-corrected chi connectivity index (χ1v) is 9.75. The van der Waals surface area contributed by atoms with Gasteiger partial charge in [0.2, 0.25) is 0 Å². The number of carbonyl (C=O) groups excluding carboxylic acids is 1. The molecular weight excluding hydrogens is 438 g/mol. The van der Waals surface area contributed by atoms with Gasteiger partial charge in [0.1, 0.15) is 0 Å². The fourth-order valence-corrected chi connectivity index (χ4v) is 4.30. The molecule has 0 saturated carbocycles. The molecule has 0 unspecified atom stereocenters. The Morgan fingerprint density at radius 3 is 2.62 bits per heavy atom. The Labute approximate surface area is 173 Å². The van der Waals surface area contributed by atoms with Crippen molar-refractivity contribution < 1.29 is 9.53 Å². The summed E-state index contributed by atoms with van der Waals surface area (Å²) in [5.41, 5.74) is 0.948. The van der Waals surface area contributed by atoms with Gasteiger partial charge in [-0.1, -0.05) is 57.7 Å². The first-order valence-electron chi connectivity index (χ1n) is 7.42. The molecule has 1 aromatic heterocycles. The summed E-state index contributed by atoms with van der Waals surface area (Å²) in [7, 11) is 1.59. The molecule has 0 saturated heterocycles. The van der Waals surface area contributed by atoms with Crippen LogP contribution in [0.15, 0.2) is 35.3 Å². The molecule has 0 fully saturated rings. The van der Waals surface area contributed by atoms with Gasteiger partial charge in [-0.05, 0) is 30.3 Å². The fraction of sp³-hybridized carbons (Fsp3) is 0.176. The van der Waals surface area contributed by atoms with Gasteiger partial charge in [0, 0.05) is 18.7 Å². The summed E-state index contributed by atoms with van der Waals surface area (Å²) in [4.78, 5) is 17.3. The lowest BCUT2D eigenvalue weighted by Crippen LogP contribution is -2.19. The van der Waals surface area contributed by atoms with Crippen LogP contribution in [0.4, 0.5) is 0 Å². The smallest absolute Gasteiger partial charge is 0.281 e. The summed E-state index contributed by atoms with van der Waals surface area (Å²) in [6, 6.07) is 8.22. The van der Waals surface area contributed by atoms with Crippen molar-refractivity contribution in [1.82, 2.24) is 4.57 Å². The van der Waals surface area contributed by atoms with Crippen LogP contribution in [0.3, 0.4) is 0 Å². The molecule has 0 radical (unpaired) electrons. The standard InChI is InChI=1S/C17H12Cl4N2O2S/c1-25-7-6-23-15-13(5-4-12(20)14(15)21)26-17(23)22-16(24)10-8-9(18)2-3-11(10)19/h2-5,8H,6-7H2,1H3. The summed E-state index contributed by atoms with van der Waals surface area (Å²) < 4.78 is 7.83. The van der Waals surface area contributed by atoms with Crippen LogP contribution >= 0.6 is 57.7 Å². The fourth-order valence-electron chi connectivity index (χ4n) is 2.39. The topological polar surface area (TPSA) is 43.6 Å². The first-order chi connectivity index (χ1) is 12.4. The number of thiazole rings is 1. The van der Waals surface area contributed by atoms with Gasteiger partial charge in [-0.3, -0.25) is 4.79 Å². The van der Waals surface area contributed by atoms with E-state index in [-0.39, 0.29) is 10.6 Å². The van der Waals surface area contributed by atoms with Gasteiger partial charge in [0.15, 0.2) is 4.80 Å². The number of hydrogen-bond acceptors (Lipinski definition) is 3. The Morgan fingerprint density at radius 2 is 1.88 bits per heavy atom. The predicted octanol–water partition coefficient (Wildman–Crippen LogP) is 5.70. The van der Waals surface area contributed by atoms with E-state index < -0.39 is 5.91 Å². The third kappa shape index (κ3) is 3.93. The van der Waals surface area contributed by atoms with E-state index in [2.05, 4.69) is 4.99 Å². The summed E-state index contributed by atoms with van der Waals surface area (Å²) in [5.74, 6) is -0.488. The highest BCUT2D eigenvalue weighted by Gasteiger charge is 2.15. The van der Waals surface area contributed by atoms with E-state index >= 15 is 0 Å². The largest absolute Gasteiger partial charge is 0.383 e. The van der Waals surface area contributed by atoms with Gasteiger partial charge in [0.25, 0.3) is 5.91 Å². The maximum atomic E-state index is 12.6. The lowest BCUT2D eigenvalue weighted by Gasteiger charge is -2.06. The minimum atomic E-state index is -0.488. The molecule has 0 N–H and O–H groups in total. The number of methoxy groups -OCH3 is 1. The number of amides is 1. The van der Waals surface area contributed by atoms with Gasteiger partial charge in [-0.25, -0.2) is 0 Å². The number of halogens is 4. The number of aromatic nitrogens is 1. The van der Waals surface area contributed by atoms with Crippen LogP contribution in [0, 0.1) is 0 Å². The van der Waals surface area contributed by atoms with Crippen molar-refractivity contribution in [3.05, 3.63) is 60.8 Å². The second-order valence-corrected chi connectivity index (χ2v) is 7.92. The molecule has 0 aliphatic rings. The van der Waals surface area contributed by atoms with Crippen molar-refractivity contribution in [3.8, 4) is 0 Å². The van der Waals surface area contributed by atoms with E-state index in [0.29, 0.717) is 38.5 Å². The third-order valence-corrected chi connectivity index (χ3v) is 6.01. The number of rotatable bonds is 4. The highest BCUT2D eigenvalue weighted by Crippen LogP contribution is 2.32. The van der Waals surface area contributed by atoms with E-state index in [1.54, 1.807) is 25.3 Å². The molecule has 0 aliphatic carbocycles. The normalized spacial score (nSPS) is 12.1. The second kappa shape index (κ2) is 8.30. The predicted molar refractivity (Wildman–Crippen MR) is 108 cm³/mol. The average Bonchev–Trinajstić information content (AvgIpc) is 2.96. The van der Waals surface area contributed by atoms with E-state index in [1.807, 2.05) is 10.6 Å². The van der Waals surface area contributed by atoms with Gasteiger partial charge < -0.3 is 9.30 Å². The molecule has 9 heteroatoms. The molecule has 0 atom stereocenters. The van der Waals surface area contributed by atoms with Crippen molar-refractivity contribution >= 4 is 73.9 Å². The van der Waals surface area contributed by atoms with Gasteiger partial charge in [-0.15, -0.1) is 0 Å². The van der Waals surface area contributed by atoms with Crippen molar-refractivity contribution in [2.75, 3.05) is 13.7 Å². The van der Waals surface area contributed by atoms with Crippen molar-refractivity contribution in [3.63, 3.8) is 0 Å². The van der Waals surface area contributed by atoms with Crippen molar-refractivity contribution in [1.29, 1.82) is 0 Å². The maximum absolute atomic E-state index is 12.6. The monoisotopic (exact) mass is 448 g/mol. The molecule has 2 aromatic carbocycles. The minimum absolute atomic E-state index is 0.235. The molecule has 3 aromatic rings. The molecule has 3 rings (SSSR count). The van der Waals surface area contributed by atoms with Crippen LogP contribution in [-0.4, -0.2) is 24.2 Å². The van der Waals surface area contributed by atoms with Crippen molar-refractivity contribution in [2.45, 2.75) is 6.54 Å². The quantitative estimate of drug-likeness (QED) is 0.512. The number of hydrogen-bond donors (Lipinski definition) is 0. The van der Waals surface area contributed by atoms with E-state index in [9.17, 15) is 4.79 Å². The average molecular weight is 450 g/mol. The van der Waals surface area contributed by atoms with Gasteiger partial charge in [0.05, 0.1) is 37.5 Å². The van der Waals surface area contributed by atoms with E-state index in [1.165, 1.54) is 17.4 Å². The van der Waals surface area contributed by atoms with Gasteiger partial charge >= 0.3 is 0 Å². The lowest BCUT2D eigenvalue weighted by molar-refractivity contribution is 0.0997. The molecular formula is C17H12Cl4N2O2S. The highest BCUT2D eigenvalue weighted by molar-refractivity contribution is 7.16. The minimum Gasteiger partial charge on any atom is -0.383 e. The summed E-state index contributed by atoms with van der Waals surface area (Å²) in [6.07, 6.45) is 0. The number of fused-ring (bicyclic) bond motifs is 1. The molecule has 0 aliphatic heterocycles. The Balaban J connectivity index is 2.20. The summed E-state index contributed by atoms with van der Waals surface area (Å²) in [5, 5.41) is 1.53. The zero-order chi connectivity index (χ0) is 18.8. The lowest BCUT2D eigenvalue weighted by atomic mass is 10.2. The third-order valence-electron chi connectivity index (χ3n) is 3.61. The van der Waals surface area contributed by atoms with Crippen LogP contribution in [0.25, 0.3) is 10.2 Å². The zero-order valence-electron chi connectivity index (χ0n) is 13.4. The SMILES string of the molecule is COCCn1c(=NC(=O)c2cc(Cl)ccc2Cl)sc2ccc(Cl)c(Cl)c21. The highest BCUT2D eigenvalue weighted by atomic mass is 35.5. The van der Waals surface area contributed by atoms with Crippen LogP contribution in [0.2, 0.25) is 20.1 Å². The number of ether oxygens (including phenoxy) is 1. The number of carbonyl (C=O) groups is 1. The number of benzene rings is 2. The molecule has 136 valence electrons. The van der Waals surface area contributed by atoms with Crippen LogP contribution < -0.4 is 4.80 Å². The Hall–Kier alpha value is -1.08. The van der Waals surface area contributed by atoms with Crippen LogP contribution in [-0.2, 0) is 11.3 Å². The molecule has 0 spiro atoms. The Bertz CT molecular complexity index is 1060. The maximum Gasteiger partial charge on any atom is 0.281 e. The van der Waals surface area contributed by atoms with Crippen LogP contribution in [0.1, 0.15) is 10.4 Å². The molecule has 1 amide bonds. The second-order valence-electron chi connectivity index (χ2n) is 5.28. The van der Waals surface area contributed by atoms with E-state index in [4.69, 9.17) is 51.1 Å². The van der Waals surface area contributed by atoms with Crippen molar-refractivity contribution in [2.24, 2.45) is 4.99 Å². The molecule has 26 heavy (non-hydrogen) atoms. The Morgan fingerprint density at radius 1 is 1.15 bits per heavy atom. The number of nitrogens with zero attached hydrogens (tertiary/aromatic N) is 2. The molecule has 4 nitrogen and oxygen atoms in total. The first kappa shape index (κ1) is 19.7. The zero-order valence-corrected chi connectivity index (χ0v) is 17.3. The van der Waals surface area contributed by atoms with E-state index in [0.717, 1.165) is 4.70 Å². The van der Waals surface area contributed by atoms with Gasteiger partial charge in [-0.2, -0.15) is 4.99 Å². The Kier molecular flexibility index (Phi) is 6.28. The summed E-state index contributed by atoms with van der Waals surface area (Å²) >= 11 is 25.9. The molecule has 1 heterocycles. The van der Waals surface area contributed by atoms with Crippen LogP contribution in [0.5, 0.6) is 0 Å². The molecule has 0 bridgehead atoms. The summed E-state index contributed by atoms with van der Waals surface area (Å²) in [6.45, 7) is 0.889.